The van der Waals surface area contributed by atoms with Crippen LogP contribution in [0.3, 0.4) is 0 Å². The number of para-hydroxylation sites is 1. The van der Waals surface area contributed by atoms with Crippen LogP contribution in [0.1, 0.15) is 33.1 Å². The second kappa shape index (κ2) is 8.79. The summed E-state index contributed by atoms with van der Waals surface area (Å²) in [6.07, 6.45) is 2.33. The third-order valence-corrected chi connectivity index (χ3v) is 4.07. The summed E-state index contributed by atoms with van der Waals surface area (Å²) in [5.74, 6) is -0.816. The molecule has 1 aromatic carbocycles. The Labute approximate surface area is 161 Å². The molecule has 0 aliphatic heterocycles. The Bertz CT molecular complexity index is 1050. The number of pyridine rings is 1. The lowest BCUT2D eigenvalue weighted by atomic mass is 10.2. The van der Waals surface area contributed by atoms with E-state index in [1.807, 2.05) is 6.07 Å². The van der Waals surface area contributed by atoms with Crippen LogP contribution >= 0.6 is 0 Å². The largest absolute Gasteiger partial charge is 0.385 e. The van der Waals surface area contributed by atoms with Gasteiger partial charge in [-0.3, -0.25) is 14.0 Å². The van der Waals surface area contributed by atoms with Crippen LogP contribution in [0, 0.1) is 11.3 Å². The average molecular weight is 377 g/mol. The van der Waals surface area contributed by atoms with Crippen molar-refractivity contribution in [2.45, 2.75) is 6.42 Å². The van der Waals surface area contributed by atoms with Crippen molar-refractivity contribution in [3.8, 4) is 6.07 Å². The smallest absolute Gasteiger partial charge is 0.292 e. The van der Waals surface area contributed by atoms with Crippen LogP contribution in [0.15, 0.2) is 48.7 Å². The number of carbonyl (C=O) groups excluding carboxylic acids is 2. The van der Waals surface area contributed by atoms with E-state index in [9.17, 15) is 14.9 Å². The van der Waals surface area contributed by atoms with Gasteiger partial charge in [0.15, 0.2) is 5.69 Å². The lowest BCUT2D eigenvalue weighted by Gasteiger charge is -2.05. The highest BCUT2D eigenvalue weighted by Gasteiger charge is 2.21. The van der Waals surface area contributed by atoms with E-state index in [4.69, 9.17) is 4.74 Å². The number of methoxy groups -OCH3 is 1. The first kappa shape index (κ1) is 19.1. The summed E-state index contributed by atoms with van der Waals surface area (Å²) in [4.78, 5) is 29.6. The van der Waals surface area contributed by atoms with Gasteiger partial charge in [0, 0.05) is 26.5 Å². The Morgan fingerprint density at radius 1 is 1.18 bits per heavy atom. The fourth-order valence-corrected chi connectivity index (χ4v) is 2.74. The number of aromatic nitrogens is 2. The van der Waals surface area contributed by atoms with Gasteiger partial charge in [-0.1, -0.05) is 18.2 Å². The van der Waals surface area contributed by atoms with Gasteiger partial charge in [0.2, 0.25) is 5.82 Å². The SMILES string of the molecule is COCCCNC(=O)c1nc(C(=O)Nc2ccccc2C#N)n2ccccc12. The molecule has 2 heterocycles. The minimum absolute atomic E-state index is 0.0605. The van der Waals surface area contributed by atoms with Crippen LogP contribution in [0.5, 0.6) is 0 Å². The third-order valence-electron chi connectivity index (χ3n) is 4.07. The molecule has 0 spiro atoms. The molecule has 142 valence electrons. The number of fused-ring (bicyclic) bond motifs is 1. The molecule has 8 heteroatoms. The van der Waals surface area contributed by atoms with Crippen LogP contribution in [-0.4, -0.2) is 41.5 Å². The van der Waals surface area contributed by atoms with E-state index in [0.29, 0.717) is 36.3 Å². The molecule has 0 aliphatic rings. The second-order valence-corrected chi connectivity index (χ2v) is 5.95. The zero-order valence-corrected chi connectivity index (χ0v) is 15.3. The quantitative estimate of drug-likeness (QED) is 0.614. The maximum atomic E-state index is 12.8. The summed E-state index contributed by atoms with van der Waals surface area (Å²) in [6.45, 7) is 0.978. The maximum absolute atomic E-state index is 12.8. The molecule has 2 amide bonds. The number of hydrogen-bond donors (Lipinski definition) is 2. The van der Waals surface area contributed by atoms with Gasteiger partial charge < -0.3 is 15.4 Å². The summed E-state index contributed by atoms with van der Waals surface area (Å²) in [7, 11) is 1.60. The molecule has 0 radical (unpaired) electrons. The van der Waals surface area contributed by atoms with Gasteiger partial charge in [0.05, 0.1) is 16.8 Å². The van der Waals surface area contributed by atoms with Crippen molar-refractivity contribution in [1.29, 1.82) is 5.26 Å². The second-order valence-electron chi connectivity index (χ2n) is 5.95. The molecule has 0 aliphatic carbocycles. The van der Waals surface area contributed by atoms with Crippen molar-refractivity contribution in [2.24, 2.45) is 0 Å². The number of hydrogen-bond acceptors (Lipinski definition) is 5. The molecule has 8 nitrogen and oxygen atoms in total. The normalized spacial score (nSPS) is 10.4. The molecule has 0 unspecified atom stereocenters. The predicted octanol–water partition coefficient (Wildman–Crippen LogP) is 2.22. The first-order chi connectivity index (χ1) is 13.7. The Morgan fingerprint density at radius 2 is 1.96 bits per heavy atom. The fourth-order valence-electron chi connectivity index (χ4n) is 2.74. The van der Waals surface area contributed by atoms with Gasteiger partial charge in [-0.05, 0) is 30.7 Å². The summed E-state index contributed by atoms with van der Waals surface area (Å²) in [5, 5.41) is 14.7. The highest BCUT2D eigenvalue weighted by atomic mass is 16.5. The molecule has 0 saturated carbocycles. The van der Waals surface area contributed by atoms with Gasteiger partial charge in [0.1, 0.15) is 6.07 Å². The molecular formula is C20H19N5O3. The van der Waals surface area contributed by atoms with Crippen molar-refractivity contribution in [1.82, 2.24) is 14.7 Å². The Hall–Kier alpha value is -3.70. The van der Waals surface area contributed by atoms with Gasteiger partial charge in [-0.2, -0.15) is 5.26 Å². The van der Waals surface area contributed by atoms with Crippen LogP contribution in [-0.2, 0) is 4.74 Å². The van der Waals surface area contributed by atoms with Gasteiger partial charge >= 0.3 is 0 Å². The highest BCUT2D eigenvalue weighted by molar-refractivity contribution is 6.06. The lowest BCUT2D eigenvalue weighted by molar-refractivity contribution is 0.0946. The first-order valence-corrected chi connectivity index (χ1v) is 8.70. The van der Waals surface area contributed by atoms with Gasteiger partial charge in [-0.15, -0.1) is 0 Å². The van der Waals surface area contributed by atoms with E-state index >= 15 is 0 Å². The summed E-state index contributed by atoms with van der Waals surface area (Å²) >= 11 is 0. The Balaban J connectivity index is 1.88. The van der Waals surface area contributed by atoms with Crippen molar-refractivity contribution in [3.05, 3.63) is 65.7 Å². The number of amides is 2. The number of carbonyl (C=O) groups is 2. The first-order valence-electron chi connectivity index (χ1n) is 8.70. The topological polar surface area (TPSA) is 109 Å². The maximum Gasteiger partial charge on any atom is 0.292 e. The van der Waals surface area contributed by atoms with Crippen LogP contribution in [0.4, 0.5) is 5.69 Å². The van der Waals surface area contributed by atoms with Crippen LogP contribution in [0.25, 0.3) is 5.52 Å². The summed E-state index contributed by atoms with van der Waals surface area (Å²) in [5.41, 5.74) is 1.41. The van der Waals surface area contributed by atoms with E-state index < -0.39 is 5.91 Å². The molecule has 0 saturated heterocycles. The number of nitrogens with one attached hydrogen (secondary N) is 2. The molecule has 0 atom stereocenters. The molecule has 28 heavy (non-hydrogen) atoms. The third kappa shape index (κ3) is 4.00. The molecule has 2 N–H and O–H groups in total. The van der Waals surface area contributed by atoms with Crippen molar-refractivity contribution < 1.29 is 14.3 Å². The van der Waals surface area contributed by atoms with E-state index in [2.05, 4.69) is 15.6 Å². The zero-order chi connectivity index (χ0) is 19.9. The van der Waals surface area contributed by atoms with E-state index in [1.54, 1.807) is 60.2 Å². The molecule has 3 aromatic rings. The molecular weight excluding hydrogens is 358 g/mol. The zero-order valence-electron chi connectivity index (χ0n) is 15.3. The molecule has 3 rings (SSSR count). The Morgan fingerprint density at radius 3 is 2.75 bits per heavy atom. The van der Waals surface area contributed by atoms with Crippen LogP contribution in [0.2, 0.25) is 0 Å². The Kier molecular flexibility index (Phi) is 5.99. The van der Waals surface area contributed by atoms with E-state index in [0.717, 1.165) is 0 Å². The standard InChI is InChI=1S/C20H19N5O3/c1-28-12-6-10-22-19(26)17-16-9-4-5-11-25(16)18(24-17)20(27)23-15-8-3-2-7-14(15)13-21/h2-5,7-9,11H,6,10,12H2,1H3,(H,22,26)(H,23,27). The van der Waals surface area contributed by atoms with Gasteiger partial charge in [-0.25, -0.2) is 4.98 Å². The van der Waals surface area contributed by atoms with Crippen LogP contribution < -0.4 is 10.6 Å². The number of nitrogens with zero attached hydrogens (tertiary/aromatic N) is 3. The minimum Gasteiger partial charge on any atom is -0.385 e. The number of anilines is 1. The average Bonchev–Trinajstić information content (AvgIpc) is 3.11. The molecule has 2 aromatic heterocycles. The van der Waals surface area contributed by atoms with Crippen molar-refractivity contribution >= 4 is 23.0 Å². The van der Waals surface area contributed by atoms with E-state index in [-0.39, 0.29) is 17.4 Å². The number of rotatable bonds is 7. The van der Waals surface area contributed by atoms with Crippen molar-refractivity contribution in [3.63, 3.8) is 0 Å². The number of nitriles is 1. The summed E-state index contributed by atoms with van der Waals surface area (Å²) < 4.78 is 6.51. The summed E-state index contributed by atoms with van der Waals surface area (Å²) in [6, 6.07) is 13.9. The molecule has 0 fully saturated rings. The number of imidazole rings is 1. The minimum atomic E-state index is -0.512. The van der Waals surface area contributed by atoms with Gasteiger partial charge in [0.25, 0.3) is 11.8 Å². The number of ether oxygens (including phenoxy) is 1. The predicted molar refractivity (Wildman–Crippen MR) is 103 cm³/mol. The number of benzene rings is 1. The molecule has 0 bridgehead atoms. The fraction of sp³-hybridized carbons (Fsp3) is 0.200. The van der Waals surface area contributed by atoms with E-state index in [1.165, 1.54) is 0 Å². The van der Waals surface area contributed by atoms with Crippen molar-refractivity contribution in [2.75, 3.05) is 25.6 Å². The lowest BCUT2D eigenvalue weighted by Crippen LogP contribution is -2.26. The monoisotopic (exact) mass is 377 g/mol. The highest BCUT2D eigenvalue weighted by Crippen LogP contribution is 2.17.